The highest BCUT2D eigenvalue weighted by Crippen LogP contribution is 2.43. The van der Waals surface area contributed by atoms with Crippen molar-refractivity contribution in [3.63, 3.8) is 0 Å². The summed E-state index contributed by atoms with van der Waals surface area (Å²) in [4.78, 5) is 35.5. The first-order valence-electron chi connectivity index (χ1n) is 8.69. The maximum absolute atomic E-state index is 12.3. The van der Waals surface area contributed by atoms with Crippen molar-refractivity contribution < 1.29 is 37.9 Å². The first-order valence-corrected chi connectivity index (χ1v) is 9.69. The predicted molar refractivity (Wildman–Crippen MR) is 107 cm³/mol. The zero-order valence-corrected chi connectivity index (χ0v) is 18.2. The van der Waals surface area contributed by atoms with Gasteiger partial charge in [0.15, 0.2) is 11.8 Å². The molecule has 0 radical (unpaired) electrons. The number of esters is 1. The minimum absolute atomic E-state index is 0.0217. The van der Waals surface area contributed by atoms with E-state index in [1.54, 1.807) is 6.92 Å². The Hall–Kier alpha value is -2.31. The summed E-state index contributed by atoms with van der Waals surface area (Å²) in [6, 6.07) is -0.394. The maximum Gasteiger partial charge on any atom is 0.515 e. The van der Waals surface area contributed by atoms with Crippen LogP contribution in [-0.2, 0) is 31.8 Å². The van der Waals surface area contributed by atoms with Crippen LogP contribution in [0.25, 0.3) is 0 Å². The van der Waals surface area contributed by atoms with E-state index in [-0.39, 0.29) is 36.7 Å². The number of carbonyl (C=O) groups is 3. The molecule has 29 heavy (non-hydrogen) atoms. The van der Waals surface area contributed by atoms with Crippen molar-refractivity contribution >= 4 is 39.2 Å². The highest BCUT2D eigenvalue weighted by Gasteiger charge is 2.34. The Labute approximate surface area is 175 Å². The predicted octanol–water partition coefficient (Wildman–Crippen LogP) is 3.99. The molecule has 0 amide bonds. The summed E-state index contributed by atoms with van der Waals surface area (Å²) >= 11 is 5.42. The molecule has 0 N–H and O–H groups in total. The fourth-order valence-electron chi connectivity index (χ4n) is 3.02. The van der Waals surface area contributed by atoms with Gasteiger partial charge in [-0.2, -0.15) is 0 Å². The molecule has 1 aliphatic heterocycles. The van der Waals surface area contributed by atoms with E-state index in [4.69, 9.17) is 25.8 Å². The number of rotatable bonds is 8. The third kappa shape index (κ3) is 5.40. The van der Waals surface area contributed by atoms with Crippen molar-refractivity contribution in [3.8, 4) is 11.5 Å². The number of benzene rings is 1. The molecule has 10 heteroatoms. The highest BCUT2D eigenvalue weighted by molar-refractivity contribution is 7.10. The third-order valence-corrected chi connectivity index (χ3v) is 4.87. The van der Waals surface area contributed by atoms with E-state index in [1.807, 2.05) is 22.5 Å². The van der Waals surface area contributed by atoms with Gasteiger partial charge in [0.1, 0.15) is 17.9 Å². The molecule has 1 aromatic rings. The van der Waals surface area contributed by atoms with Crippen LogP contribution < -0.4 is 9.47 Å². The number of hydrogen-bond acceptors (Lipinski definition) is 8. The molecule has 1 heterocycles. The van der Waals surface area contributed by atoms with Crippen molar-refractivity contribution in [2.75, 3.05) is 13.2 Å². The Kier molecular flexibility index (Phi) is 8.29. The van der Waals surface area contributed by atoms with Crippen LogP contribution in [-0.4, -0.2) is 31.3 Å². The average molecular weight is 445 g/mol. The van der Waals surface area contributed by atoms with Crippen LogP contribution >= 0.6 is 21.1 Å². The summed E-state index contributed by atoms with van der Waals surface area (Å²) in [5.41, 5.74) is 2.88. The third-order valence-electron chi connectivity index (χ3n) is 4.49. The van der Waals surface area contributed by atoms with Gasteiger partial charge in [-0.15, -0.1) is 0 Å². The highest BCUT2D eigenvalue weighted by atomic mass is 35.5. The van der Waals surface area contributed by atoms with Crippen molar-refractivity contribution in [1.82, 2.24) is 0 Å². The van der Waals surface area contributed by atoms with Crippen LogP contribution in [0.2, 0.25) is 0 Å². The average Bonchev–Trinajstić information content (AvgIpc) is 3.08. The first kappa shape index (κ1) is 23.0. The van der Waals surface area contributed by atoms with Gasteiger partial charge in [0.2, 0.25) is 0 Å². The maximum atomic E-state index is 12.3. The second kappa shape index (κ2) is 10.5. The number of cyclic esters (lactones) is 1. The Morgan fingerprint density at radius 2 is 2.00 bits per heavy atom. The molecule has 0 spiro atoms. The molecule has 1 atom stereocenters. The normalized spacial score (nSPS) is 12.9. The summed E-state index contributed by atoms with van der Waals surface area (Å²) in [7, 11) is 3.41. The zero-order chi connectivity index (χ0) is 21.6. The van der Waals surface area contributed by atoms with E-state index >= 15 is 0 Å². The van der Waals surface area contributed by atoms with Gasteiger partial charge in [0.05, 0.1) is 16.6 Å². The number of fused-ring (bicyclic) bond motifs is 1. The number of carbonyl (C=O) groups excluding carboxylic acids is 3. The van der Waals surface area contributed by atoms with E-state index in [2.05, 4.69) is 9.26 Å². The minimum Gasteiger partial charge on any atom is -0.496 e. The largest absolute Gasteiger partial charge is 0.515 e. The number of hydrogen-bond donors (Lipinski definition) is 0. The van der Waals surface area contributed by atoms with Crippen LogP contribution in [0.4, 0.5) is 4.79 Å². The van der Waals surface area contributed by atoms with E-state index < -0.39 is 18.2 Å². The van der Waals surface area contributed by atoms with Crippen LogP contribution in [0.3, 0.4) is 0 Å². The number of alkyl halides is 1. The fraction of sp³-hybridized carbons (Fsp3) is 0.421. The lowest BCUT2D eigenvalue weighted by Crippen LogP contribution is -2.15. The van der Waals surface area contributed by atoms with Gasteiger partial charge in [-0.05, 0) is 32.3 Å². The van der Waals surface area contributed by atoms with E-state index in [9.17, 15) is 14.4 Å². The lowest BCUT2D eigenvalue weighted by Gasteiger charge is -2.18. The standard InChI is InChI=1S/C19H22ClO8P/c1-10(5-7-14(21)28-29)4-6-12-16(24-3)11(2)13-8-25-18(22)15(13)17(12)27-19(23)26-9-20/h4H,5-9,29H2,1-3H3/b10-4+. The molecule has 158 valence electrons. The number of ether oxygens (including phenoxy) is 4. The molecule has 2 rings (SSSR count). The lowest BCUT2D eigenvalue weighted by atomic mass is 9.94. The topological polar surface area (TPSA) is 97.4 Å². The summed E-state index contributed by atoms with van der Waals surface area (Å²) < 4.78 is 25.2. The molecule has 8 nitrogen and oxygen atoms in total. The minimum atomic E-state index is -1.04. The number of allylic oxidation sites excluding steroid dienone is 2. The van der Waals surface area contributed by atoms with Crippen molar-refractivity contribution in [2.24, 2.45) is 0 Å². The number of halogens is 1. The second-order valence-electron chi connectivity index (χ2n) is 6.25. The van der Waals surface area contributed by atoms with Crippen LogP contribution in [0.5, 0.6) is 11.5 Å². The van der Waals surface area contributed by atoms with Crippen molar-refractivity contribution in [1.29, 1.82) is 0 Å². The Bertz CT molecular complexity index is 849. The van der Waals surface area contributed by atoms with Crippen LogP contribution in [0, 0.1) is 6.92 Å². The van der Waals surface area contributed by atoms with Gasteiger partial charge >= 0.3 is 18.1 Å². The Balaban J connectivity index is 2.46. The molecular formula is C19H22ClO8P. The van der Waals surface area contributed by atoms with Gasteiger partial charge in [-0.3, -0.25) is 4.79 Å². The zero-order valence-electron chi connectivity index (χ0n) is 16.3. The molecule has 0 aliphatic carbocycles. The molecule has 1 aliphatic rings. The van der Waals surface area contributed by atoms with Crippen molar-refractivity contribution in [2.45, 2.75) is 39.7 Å². The van der Waals surface area contributed by atoms with E-state index in [1.165, 1.54) is 7.11 Å². The molecule has 0 fully saturated rings. The molecule has 0 saturated carbocycles. The molecular weight excluding hydrogens is 423 g/mol. The van der Waals surface area contributed by atoms with Gasteiger partial charge in [0, 0.05) is 17.5 Å². The molecule has 0 aromatic heterocycles. The Morgan fingerprint density at radius 3 is 2.62 bits per heavy atom. The van der Waals surface area contributed by atoms with Gasteiger partial charge < -0.3 is 23.5 Å². The van der Waals surface area contributed by atoms with Crippen LogP contribution in [0.15, 0.2) is 11.6 Å². The van der Waals surface area contributed by atoms with E-state index in [0.717, 1.165) is 11.1 Å². The van der Waals surface area contributed by atoms with Gasteiger partial charge in [0.25, 0.3) is 0 Å². The lowest BCUT2D eigenvalue weighted by molar-refractivity contribution is -0.133. The van der Waals surface area contributed by atoms with E-state index in [0.29, 0.717) is 23.3 Å². The monoisotopic (exact) mass is 444 g/mol. The molecule has 1 unspecified atom stereocenters. The smallest absolute Gasteiger partial charge is 0.496 e. The quantitative estimate of drug-likeness (QED) is 0.195. The van der Waals surface area contributed by atoms with Gasteiger partial charge in [-0.25, -0.2) is 9.59 Å². The molecule has 1 aromatic carbocycles. The molecule has 0 saturated heterocycles. The summed E-state index contributed by atoms with van der Waals surface area (Å²) in [5, 5.41) is 0. The van der Waals surface area contributed by atoms with Gasteiger partial charge in [-0.1, -0.05) is 23.3 Å². The second-order valence-corrected chi connectivity index (χ2v) is 6.70. The summed E-state index contributed by atoms with van der Waals surface area (Å²) in [6.07, 6.45) is 1.82. The molecule has 0 bridgehead atoms. The number of methoxy groups -OCH3 is 1. The summed E-state index contributed by atoms with van der Waals surface area (Å²) in [5.74, 6) is -0.438. The summed E-state index contributed by atoms with van der Waals surface area (Å²) in [6.45, 7) is 3.72. The van der Waals surface area contributed by atoms with Crippen LogP contribution in [0.1, 0.15) is 46.8 Å². The van der Waals surface area contributed by atoms with Crippen molar-refractivity contribution in [3.05, 3.63) is 33.9 Å². The Morgan fingerprint density at radius 1 is 1.28 bits per heavy atom. The first-order chi connectivity index (χ1) is 13.8. The SMILES string of the molecule is COc1c(C)c2c(c(OC(=O)OCCl)c1C/C=C(\C)CCC(=O)OP)C(=O)OC2. The fourth-order valence-corrected chi connectivity index (χ4v) is 3.22.